The van der Waals surface area contributed by atoms with Crippen LogP contribution in [0.3, 0.4) is 0 Å². The first-order chi connectivity index (χ1) is 11.2. The molecule has 1 saturated heterocycles. The van der Waals surface area contributed by atoms with Crippen molar-refractivity contribution < 1.29 is 5.11 Å². The average molecular weight is 315 g/mol. The Morgan fingerprint density at radius 2 is 1.96 bits per heavy atom. The van der Waals surface area contributed by atoms with Gasteiger partial charge in [0.15, 0.2) is 0 Å². The third-order valence-electron chi connectivity index (χ3n) is 4.15. The number of aromatic nitrogens is 3. The monoisotopic (exact) mass is 315 g/mol. The van der Waals surface area contributed by atoms with E-state index in [0.29, 0.717) is 13.1 Å². The van der Waals surface area contributed by atoms with Crippen LogP contribution in [-0.2, 0) is 6.54 Å². The van der Waals surface area contributed by atoms with Gasteiger partial charge < -0.3 is 10.0 Å². The van der Waals surface area contributed by atoms with E-state index in [0.717, 1.165) is 31.0 Å². The predicted molar refractivity (Wildman–Crippen MR) is 89.4 cm³/mol. The molecule has 23 heavy (non-hydrogen) atoms. The Morgan fingerprint density at radius 3 is 2.70 bits per heavy atom. The normalized spacial score (nSPS) is 17.0. The summed E-state index contributed by atoms with van der Waals surface area (Å²) < 4.78 is 0. The lowest BCUT2D eigenvalue weighted by molar-refractivity contribution is 0.0879. The van der Waals surface area contributed by atoms with Crippen LogP contribution in [0, 0.1) is 0 Å². The molecule has 6 heteroatoms. The van der Waals surface area contributed by atoms with Gasteiger partial charge in [0.25, 0.3) is 0 Å². The van der Waals surface area contributed by atoms with Crippen LogP contribution in [0.5, 0.6) is 0 Å². The molecule has 0 amide bonds. The van der Waals surface area contributed by atoms with E-state index >= 15 is 0 Å². The van der Waals surface area contributed by atoms with Gasteiger partial charge in [0.1, 0.15) is 0 Å². The van der Waals surface area contributed by atoms with Gasteiger partial charge in [-0.2, -0.15) is 15.0 Å². The summed E-state index contributed by atoms with van der Waals surface area (Å²) in [5.74, 6) is 0. The van der Waals surface area contributed by atoms with Crippen LogP contribution >= 0.6 is 0 Å². The highest BCUT2D eigenvalue weighted by atomic mass is 16.3. The first-order valence-corrected chi connectivity index (χ1v) is 8.26. The van der Waals surface area contributed by atoms with Gasteiger partial charge in [-0.25, -0.2) is 0 Å². The van der Waals surface area contributed by atoms with Crippen molar-refractivity contribution in [3.8, 4) is 5.69 Å². The molecule has 1 fully saturated rings. The fourth-order valence-corrected chi connectivity index (χ4v) is 3.07. The number of rotatable bonds is 7. The summed E-state index contributed by atoms with van der Waals surface area (Å²) in [6.07, 6.45) is 3.98. The van der Waals surface area contributed by atoms with Crippen LogP contribution in [0.15, 0.2) is 36.5 Å². The average Bonchev–Trinajstić information content (AvgIpc) is 3.20. The van der Waals surface area contributed by atoms with E-state index in [1.54, 1.807) is 11.0 Å². The zero-order valence-electron chi connectivity index (χ0n) is 13.7. The van der Waals surface area contributed by atoms with Crippen molar-refractivity contribution in [3.05, 3.63) is 42.2 Å². The smallest absolute Gasteiger partial charge is 0.0971 e. The topological polar surface area (TPSA) is 57.4 Å². The van der Waals surface area contributed by atoms with E-state index in [1.165, 1.54) is 12.8 Å². The molecule has 2 heterocycles. The van der Waals surface area contributed by atoms with Crippen molar-refractivity contribution >= 4 is 0 Å². The predicted octanol–water partition coefficient (Wildman–Crippen LogP) is 1.16. The molecule has 2 aromatic rings. The van der Waals surface area contributed by atoms with Crippen molar-refractivity contribution in [2.75, 3.05) is 33.2 Å². The standard InChI is InChI=1S/C17H25N5O/c1-20(13-17(23)14-21-9-5-6-10-21)12-15-11-18-22(19-15)16-7-3-2-4-8-16/h2-4,7-8,11,17,23H,5-6,9-10,12-14H2,1H3. The minimum Gasteiger partial charge on any atom is -0.390 e. The maximum Gasteiger partial charge on any atom is 0.0971 e. The zero-order valence-corrected chi connectivity index (χ0v) is 13.7. The van der Waals surface area contributed by atoms with E-state index in [4.69, 9.17) is 0 Å². The van der Waals surface area contributed by atoms with Crippen molar-refractivity contribution in [1.29, 1.82) is 0 Å². The third-order valence-corrected chi connectivity index (χ3v) is 4.15. The molecule has 6 nitrogen and oxygen atoms in total. The van der Waals surface area contributed by atoms with Crippen molar-refractivity contribution in [2.45, 2.75) is 25.5 Å². The number of para-hydroxylation sites is 1. The van der Waals surface area contributed by atoms with Gasteiger partial charge in [-0.3, -0.25) is 4.90 Å². The Bertz CT molecular complexity index is 594. The Morgan fingerprint density at radius 1 is 1.22 bits per heavy atom. The second-order valence-corrected chi connectivity index (χ2v) is 6.32. The van der Waals surface area contributed by atoms with E-state index < -0.39 is 0 Å². The molecule has 1 aromatic heterocycles. The minimum absolute atomic E-state index is 0.317. The molecule has 0 saturated carbocycles. The van der Waals surface area contributed by atoms with Gasteiger partial charge in [0.05, 0.1) is 23.7 Å². The molecule has 0 spiro atoms. The second-order valence-electron chi connectivity index (χ2n) is 6.32. The van der Waals surface area contributed by atoms with Crippen molar-refractivity contribution in [1.82, 2.24) is 24.8 Å². The summed E-state index contributed by atoms with van der Waals surface area (Å²) in [4.78, 5) is 6.08. The van der Waals surface area contributed by atoms with Crippen LogP contribution in [-0.4, -0.2) is 69.2 Å². The molecular weight excluding hydrogens is 290 g/mol. The molecule has 0 aliphatic carbocycles. The first-order valence-electron chi connectivity index (χ1n) is 8.26. The van der Waals surface area contributed by atoms with E-state index in [2.05, 4.69) is 20.0 Å². The van der Waals surface area contributed by atoms with Gasteiger partial charge in [-0.05, 0) is 45.1 Å². The van der Waals surface area contributed by atoms with Gasteiger partial charge in [0.2, 0.25) is 0 Å². The number of aliphatic hydroxyl groups is 1. The lowest BCUT2D eigenvalue weighted by Gasteiger charge is -2.23. The van der Waals surface area contributed by atoms with E-state index in [9.17, 15) is 5.11 Å². The van der Waals surface area contributed by atoms with Gasteiger partial charge in [-0.1, -0.05) is 18.2 Å². The van der Waals surface area contributed by atoms with Crippen LogP contribution < -0.4 is 0 Å². The summed E-state index contributed by atoms with van der Waals surface area (Å²) in [7, 11) is 2.01. The maximum absolute atomic E-state index is 10.2. The van der Waals surface area contributed by atoms with Crippen molar-refractivity contribution in [2.24, 2.45) is 0 Å². The third kappa shape index (κ3) is 4.60. The number of hydrogen-bond acceptors (Lipinski definition) is 5. The second kappa shape index (κ2) is 7.68. The Kier molecular flexibility index (Phi) is 5.38. The van der Waals surface area contributed by atoms with Crippen molar-refractivity contribution in [3.63, 3.8) is 0 Å². The summed E-state index contributed by atoms with van der Waals surface area (Å²) in [6.45, 7) is 4.33. The highest BCUT2D eigenvalue weighted by Crippen LogP contribution is 2.09. The minimum atomic E-state index is -0.317. The molecule has 1 unspecified atom stereocenters. The quantitative estimate of drug-likeness (QED) is 0.831. The molecule has 1 atom stereocenters. The number of likely N-dealkylation sites (N-methyl/N-ethyl adjacent to an activating group) is 1. The highest BCUT2D eigenvalue weighted by molar-refractivity contribution is 5.28. The van der Waals surface area contributed by atoms with Crippen LogP contribution in [0.4, 0.5) is 0 Å². The molecule has 124 valence electrons. The molecule has 1 aromatic carbocycles. The Hall–Kier alpha value is -1.76. The van der Waals surface area contributed by atoms with Gasteiger partial charge in [0, 0.05) is 19.6 Å². The number of likely N-dealkylation sites (tertiary alicyclic amines) is 1. The van der Waals surface area contributed by atoms with Crippen LogP contribution in [0.2, 0.25) is 0 Å². The van der Waals surface area contributed by atoms with Crippen LogP contribution in [0.1, 0.15) is 18.5 Å². The lowest BCUT2D eigenvalue weighted by Crippen LogP contribution is -2.37. The molecule has 0 radical (unpaired) electrons. The number of β-amino-alcohol motifs (C(OH)–C–C–N with tert-alkyl or cyclic N) is 1. The van der Waals surface area contributed by atoms with Gasteiger partial charge in [-0.15, -0.1) is 0 Å². The SMILES string of the molecule is CN(Cc1cnn(-c2ccccc2)n1)CC(O)CN1CCCC1. The number of benzene rings is 1. The number of nitrogens with zero attached hydrogens (tertiary/aromatic N) is 5. The zero-order chi connectivity index (χ0) is 16.1. The molecule has 0 bridgehead atoms. The summed E-state index contributed by atoms with van der Waals surface area (Å²) in [5.41, 5.74) is 1.86. The molecule has 1 N–H and O–H groups in total. The largest absolute Gasteiger partial charge is 0.390 e. The number of hydrogen-bond donors (Lipinski definition) is 1. The van der Waals surface area contributed by atoms with Gasteiger partial charge >= 0.3 is 0 Å². The Labute approximate surface area is 137 Å². The summed E-state index contributed by atoms with van der Waals surface area (Å²) in [6, 6.07) is 9.88. The number of aliphatic hydroxyl groups excluding tert-OH is 1. The highest BCUT2D eigenvalue weighted by Gasteiger charge is 2.17. The van der Waals surface area contributed by atoms with E-state index in [-0.39, 0.29) is 6.10 Å². The Balaban J connectivity index is 1.49. The van der Waals surface area contributed by atoms with E-state index in [1.807, 2.05) is 37.4 Å². The fourth-order valence-electron chi connectivity index (χ4n) is 3.07. The molecule has 1 aliphatic heterocycles. The fraction of sp³-hybridized carbons (Fsp3) is 0.529. The maximum atomic E-state index is 10.2. The molecular formula is C17H25N5O. The van der Waals surface area contributed by atoms with Crippen LogP contribution in [0.25, 0.3) is 5.69 Å². The molecule has 3 rings (SSSR count). The first kappa shape index (κ1) is 16.1. The summed E-state index contributed by atoms with van der Waals surface area (Å²) in [5, 5.41) is 19.0. The molecule has 1 aliphatic rings. The summed E-state index contributed by atoms with van der Waals surface area (Å²) >= 11 is 0. The lowest BCUT2D eigenvalue weighted by atomic mass is 10.3.